The van der Waals surface area contributed by atoms with Crippen molar-refractivity contribution in [1.29, 1.82) is 0 Å². The largest absolute Gasteiger partial charge is 0.445 e. The van der Waals surface area contributed by atoms with Crippen LogP contribution >= 0.6 is 15.9 Å². The monoisotopic (exact) mass is 501 g/mol. The first-order chi connectivity index (χ1) is 16.1. The van der Waals surface area contributed by atoms with E-state index in [9.17, 15) is 4.79 Å². The van der Waals surface area contributed by atoms with E-state index < -0.39 is 0 Å². The van der Waals surface area contributed by atoms with Gasteiger partial charge < -0.3 is 14.6 Å². The van der Waals surface area contributed by atoms with Gasteiger partial charge in [0.15, 0.2) is 0 Å². The van der Waals surface area contributed by atoms with Crippen molar-refractivity contribution in [2.75, 3.05) is 13.1 Å². The molecule has 6 heteroatoms. The Balaban J connectivity index is 1.11. The number of fused-ring (bicyclic) bond motifs is 1. The summed E-state index contributed by atoms with van der Waals surface area (Å²) in [6, 6.07) is 22.6. The van der Waals surface area contributed by atoms with Gasteiger partial charge in [-0.25, -0.2) is 9.78 Å². The van der Waals surface area contributed by atoms with Crippen molar-refractivity contribution in [2.45, 2.75) is 25.4 Å². The quantitative estimate of drug-likeness (QED) is 0.346. The first-order valence-corrected chi connectivity index (χ1v) is 12.1. The number of amides is 1. The number of carbonyl (C=O) groups excluding carboxylic acids is 1. The Bertz CT molecular complexity index is 1340. The Labute approximate surface area is 200 Å². The van der Waals surface area contributed by atoms with Crippen molar-refractivity contribution in [3.8, 4) is 11.3 Å². The zero-order valence-corrected chi connectivity index (χ0v) is 19.7. The summed E-state index contributed by atoms with van der Waals surface area (Å²) in [6.07, 6.45) is 3.78. The molecule has 6 rings (SSSR count). The lowest BCUT2D eigenvalue weighted by atomic mass is 10.0. The Hall–Kier alpha value is -3.12. The molecule has 1 spiro atoms. The summed E-state index contributed by atoms with van der Waals surface area (Å²) < 4.78 is 6.62. The number of hydrogen-bond donors (Lipinski definition) is 1. The second-order valence-corrected chi connectivity index (χ2v) is 10.1. The molecular formula is C27H24BrN3O2. The van der Waals surface area contributed by atoms with Crippen LogP contribution in [-0.2, 0) is 11.3 Å². The summed E-state index contributed by atoms with van der Waals surface area (Å²) in [5.74, 6) is 1.40. The molecule has 2 fully saturated rings. The number of aromatic nitrogens is 2. The van der Waals surface area contributed by atoms with Gasteiger partial charge in [-0.1, -0.05) is 64.5 Å². The number of ether oxygens (including phenoxy) is 1. The molecule has 1 aromatic heterocycles. The van der Waals surface area contributed by atoms with Crippen molar-refractivity contribution >= 4 is 32.8 Å². The average Bonchev–Trinajstić information content (AvgIpc) is 3.15. The molecule has 1 aliphatic heterocycles. The van der Waals surface area contributed by atoms with Gasteiger partial charge in [0, 0.05) is 34.5 Å². The highest BCUT2D eigenvalue weighted by atomic mass is 79.9. The molecule has 1 N–H and O–H groups in total. The molecule has 2 atom stereocenters. The minimum Gasteiger partial charge on any atom is -0.445 e. The highest BCUT2D eigenvalue weighted by molar-refractivity contribution is 9.10. The van der Waals surface area contributed by atoms with E-state index in [0.717, 1.165) is 53.0 Å². The summed E-state index contributed by atoms with van der Waals surface area (Å²) in [5, 5.41) is 2.41. The number of imidazole rings is 1. The fourth-order valence-corrected chi connectivity index (χ4v) is 5.47. The van der Waals surface area contributed by atoms with Crippen LogP contribution in [0.3, 0.4) is 0 Å². The van der Waals surface area contributed by atoms with E-state index in [1.165, 1.54) is 10.8 Å². The third kappa shape index (κ3) is 3.93. The smallest absolute Gasteiger partial charge is 0.410 e. The molecule has 0 radical (unpaired) electrons. The van der Waals surface area contributed by atoms with Crippen LogP contribution in [0.4, 0.5) is 4.79 Å². The van der Waals surface area contributed by atoms with Crippen molar-refractivity contribution in [3.63, 3.8) is 0 Å². The third-order valence-electron chi connectivity index (χ3n) is 7.08. The van der Waals surface area contributed by atoms with Gasteiger partial charge in [-0.2, -0.15) is 0 Å². The van der Waals surface area contributed by atoms with Crippen LogP contribution in [0.5, 0.6) is 0 Å². The molecule has 0 bridgehead atoms. The van der Waals surface area contributed by atoms with Gasteiger partial charge in [-0.3, -0.25) is 0 Å². The van der Waals surface area contributed by atoms with Crippen LogP contribution < -0.4 is 0 Å². The van der Waals surface area contributed by atoms with Gasteiger partial charge >= 0.3 is 6.09 Å². The Morgan fingerprint density at radius 2 is 1.94 bits per heavy atom. The zero-order chi connectivity index (χ0) is 22.4. The number of benzene rings is 3. The summed E-state index contributed by atoms with van der Waals surface area (Å²) in [6.45, 7) is 1.81. The lowest BCUT2D eigenvalue weighted by Gasteiger charge is -2.16. The number of carbonyl (C=O) groups is 1. The normalized spacial score (nSPS) is 21.6. The zero-order valence-electron chi connectivity index (χ0n) is 18.1. The summed E-state index contributed by atoms with van der Waals surface area (Å²) in [4.78, 5) is 22.7. The first kappa shape index (κ1) is 20.5. The molecule has 2 aliphatic rings. The number of nitrogens with zero attached hydrogens (tertiary/aromatic N) is 2. The predicted molar refractivity (Wildman–Crippen MR) is 132 cm³/mol. The summed E-state index contributed by atoms with van der Waals surface area (Å²) >= 11 is 3.54. The number of hydrogen-bond acceptors (Lipinski definition) is 3. The molecule has 166 valence electrons. The molecule has 1 saturated carbocycles. The SMILES string of the molecule is O=C(OCc1ccccc1)N1CCC2(CC2c2ncc(-c3ccc4cc(Br)ccc4c3)[nH]2)C1. The van der Waals surface area contributed by atoms with Crippen LogP contribution in [-0.4, -0.2) is 34.1 Å². The van der Waals surface area contributed by atoms with Crippen molar-refractivity contribution in [2.24, 2.45) is 5.41 Å². The van der Waals surface area contributed by atoms with Crippen LogP contribution in [0, 0.1) is 5.41 Å². The molecule has 2 heterocycles. The molecule has 1 amide bonds. The molecule has 5 nitrogen and oxygen atoms in total. The van der Waals surface area contributed by atoms with Crippen molar-refractivity contribution in [3.05, 3.63) is 88.8 Å². The van der Waals surface area contributed by atoms with Crippen LogP contribution in [0.2, 0.25) is 0 Å². The highest BCUT2D eigenvalue weighted by Gasteiger charge is 2.60. The number of aromatic amines is 1. The molecule has 2 unspecified atom stereocenters. The second kappa shape index (κ2) is 8.03. The molecule has 1 saturated heterocycles. The number of rotatable bonds is 4. The van der Waals surface area contributed by atoms with Gasteiger partial charge in [0.2, 0.25) is 0 Å². The van der Waals surface area contributed by atoms with Crippen LogP contribution in [0.1, 0.15) is 30.1 Å². The summed E-state index contributed by atoms with van der Waals surface area (Å²) in [5.41, 5.74) is 3.31. The molecule has 3 aromatic carbocycles. The predicted octanol–water partition coefficient (Wildman–Crippen LogP) is 6.51. The van der Waals surface area contributed by atoms with Gasteiger partial charge in [-0.15, -0.1) is 0 Å². The maximum Gasteiger partial charge on any atom is 0.410 e. The molecular weight excluding hydrogens is 478 g/mol. The first-order valence-electron chi connectivity index (χ1n) is 11.3. The van der Waals surface area contributed by atoms with Crippen molar-refractivity contribution in [1.82, 2.24) is 14.9 Å². The number of halogens is 1. The van der Waals surface area contributed by atoms with E-state index in [0.29, 0.717) is 12.5 Å². The van der Waals surface area contributed by atoms with Gasteiger partial charge in [0.1, 0.15) is 12.4 Å². The fraction of sp³-hybridized carbons (Fsp3) is 0.259. The molecule has 33 heavy (non-hydrogen) atoms. The summed E-state index contributed by atoms with van der Waals surface area (Å²) in [7, 11) is 0. The van der Waals surface area contributed by atoms with Crippen molar-refractivity contribution < 1.29 is 9.53 Å². The lowest BCUT2D eigenvalue weighted by Crippen LogP contribution is -2.29. The second-order valence-electron chi connectivity index (χ2n) is 9.22. The lowest BCUT2D eigenvalue weighted by molar-refractivity contribution is 0.102. The van der Waals surface area contributed by atoms with E-state index in [1.807, 2.05) is 41.4 Å². The number of nitrogens with one attached hydrogen (secondary N) is 1. The maximum atomic E-state index is 12.6. The topological polar surface area (TPSA) is 58.2 Å². The molecule has 4 aromatic rings. The number of H-pyrrole nitrogens is 1. The minimum absolute atomic E-state index is 0.135. The number of likely N-dealkylation sites (tertiary alicyclic amines) is 1. The Morgan fingerprint density at radius 1 is 1.12 bits per heavy atom. The Morgan fingerprint density at radius 3 is 2.82 bits per heavy atom. The Kier molecular flexibility index (Phi) is 4.98. The van der Waals surface area contributed by atoms with E-state index in [4.69, 9.17) is 9.72 Å². The van der Waals surface area contributed by atoms with E-state index >= 15 is 0 Å². The third-order valence-corrected chi connectivity index (χ3v) is 7.57. The fourth-order valence-electron chi connectivity index (χ4n) is 5.09. The van der Waals surface area contributed by atoms with Gasteiger partial charge in [0.05, 0.1) is 11.9 Å². The minimum atomic E-state index is -0.218. The van der Waals surface area contributed by atoms with E-state index in [-0.39, 0.29) is 11.5 Å². The average molecular weight is 502 g/mol. The van der Waals surface area contributed by atoms with Crippen LogP contribution in [0.25, 0.3) is 22.0 Å². The van der Waals surface area contributed by atoms with Gasteiger partial charge in [0.25, 0.3) is 0 Å². The maximum absolute atomic E-state index is 12.6. The highest BCUT2D eigenvalue weighted by Crippen LogP contribution is 2.63. The standard InChI is InChI=1S/C27H24BrN3O2/c28-22-9-8-19-12-21(7-6-20(19)13-22)24-15-29-25(30-24)23-14-27(23)10-11-31(17-27)26(32)33-16-18-4-2-1-3-5-18/h1-9,12-13,15,23H,10-11,14,16-17H2,(H,29,30). The molecule has 1 aliphatic carbocycles. The van der Waals surface area contributed by atoms with Gasteiger partial charge in [-0.05, 0) is 47.4 Å². The van der Waals surface area contributed by atoms with E-state index in [1.54, 1.807) is 0 Å². The van der Waals surface area contributed by atoms with Crippen LogP contribution in [0.15, 0.2) is 77.4 Å². The van der Waals surface area contributed by atoms with E-state index in [2.05, 4.69) is 57.3 Å².